The Kier molecular flexibility index (Phi) is 5.31. The van der Waals surface area contributed by atoms with E-state index in [9.17, 15) is 4.79 Å². The molecule has 1 fully saturated rings. The van der Waals surface area contributed by atoms with Gasteiger partial charge in [-0.1, -0.05) is 12.1 Å². The summed E-state index contributed by atoms with van der Waals surface area (Å²) in [5.41, 5.74) is 1.69. The van der Waals surface area contributed by atoms with Crippen LogP contribution in [0.3, 0.4) is 0 Å². The molecule has 0 bridgehead atoms. The molecule has 0 unspecified atom stereocenters. The minimum absolute atomic E-state index is 0.0168. The first-order valence-electron chi connectivity index (χ1n) is 9.23. The largest absolute Gasteiger partial charge is 0.484 e. The van der Waals surface area contributed by atoms with Gasteiger partial charge in [-0.05, 0) is 35.9 Å². The summed E-state index contributed by atoms with van der Waals surface area (Å²) in [6.45, 7) is 4.04. The summed E-state index contributed by atoms with van der Waals surface area (Å²) in [6.07, 6.45) is 0. The standard InChI is InChI=1S/C21H21N3O4/c22-12-16-2-1-3-18(10-16)26-14-21(25)24-8-6-23(7-9-24)13-17-4-5-19-20(11-17)28-15-27-19/h1-5,10-11H,6-9,13-15H2. The van der Waals surface area contributed by atoms with Crippen molar-refractivity contribution in [2.24, 2.45) is 0 Å². The molecule has 144 valence electrons. The highest BCUT2D eigenvalue weighted by Crippen LogP contribution is 2.32. The van der Waals surface area contributed by atoms with Gasteiger partial charge < -0.3 is 19.1 Å². The Hall–Kier alpha value is -3.24. The van der Waals surface area contributed by atoms with Crippen LogP contribution in [-0.2, 0) is 11.3 Å². The molecule has 2 heterocycles. The van der Waals surface area contributed by atoms with Crippen LogP contribution < -0.4 is 14.2 Å². The van der Waals surface area contributed by atoms with Crippen LogP contribution in [0.5, 0.6) is 17.2 Å². The first-order chi connectivity index (χ1) is 13.7. The number of carbonyl (C=O) groups is 1. The fraction of sp³-hybridized carbons (Fsp3) is 0.333. The Labute approximate surface area is 163 Å². The van der Waals surface area contributed by atoms with Crippen molar-refractivity contribution >= 4 is 5.91 Å². The molecule has 2 aromatic carbocycles. The molecule has 0 aromatic heterocycles. The van der Waals surface area contributed by atoms with Gasteiger partial charge in [0.25, 0.3) is 5.91 Å². The summed E-state index contributed by atoms with van der Waals surface area (Å²) in [5, 5.41) is 8.92. The van der Waals surface area contributed by atoms with Crippen molar-refractivity contribution in [1.82, 2.24) is 9.80 Å². The second kappa shape index (κ2) is 8.19. The quantitative estimate of drug-likeness (QED) is 0.791. The lowest BCUT2D eigenvalue weighted by atomic mass is 10.1. The van der Waals surface area contributed by atoms with Gasteiger partial charge >= 0.3 is 0 Å². The van der Waals surface area contributed by atoms with E-state index in [-0.39, 0.29) is 19.3 Å². The van der Waals surface area contributed by atoms with Crippen molar-refractivity contribution in [3.63, 3.8) is 0 Å². The zero-order valence-corrected chi connectivity index (χ0v) is 15.5. The maximum atomic E-state index is 12.4. The number of amides is 1. The fourth-order valence-corrected chi connectivity index (χ4v) is 3.34. The van der Waals surface area contributed by atoms with Gasteiger partial charge in [-0.3, -0.25) is 9.69 Å². The van der Waals surface area contributed by atoms with E-state index in [1.54, 1.807) is 24.3 Å². The molecular weight excluding hydrogens is 358 g/mol. The third-order valence-electron chi connectivity index (χ3n) is 4.89. The summed E-state index contributed by atoms with van der Waals surface area (Å²) >= 11 is 0. The minimum Gasteiger partial charge on any atom is -0.484 e. The van der Waals surface area contributed by atoms with E-state index in [4.69, 9.17) is 19.5 Å². The van der Waals surface area contributed by atoms with Crippen LogP contribution in [0, 0.1) is 11.3 Å². The highest BCUT2D eigenvalue weighted by molar-refractivity contribution is 5.77. The Morgan fingerprint density at radius 2 is 1.89 bits per heavy atom. The smallest absolute Gasteiger partial charge is 0.260 e. The number of ether oxygens (including phenoxy) is 3. The maximum Gasteiger partial charge on any atom is 0.260 e. The average molecular weight is 379 g/mol. The number of carbonyl (C=O) groups excluding carboxylic acids is 1. The van der Waals surface area contributed by atoms with Gasteiger partial charge in [-0.15, -0.1) is 0 Å². The van der Waals surface area contributed by atoms with Crippen LogP contribution in [0.15, 0.2) is 42.5 Å². The van der Waals surface area contributed by atoms with Crippen LogP contribution in [0.25, 0.3) is 0 Å². The van der Waals surface area contributed by atoms with Gasteiger partial charge in [-0.2, -0.15) is 5.26 Å². The van der Waals surface area contributed by atoms with E-state index in [1.807, 2.05) is 23.1 Å². The number of rotatable bonds is 5. The van der Waals surface area contributed by atoms with Gasteiger partial charge in [0.15, 0.2) is 18.1 Å². The second-order valence-corrected chi connectivity index (χ2v) is 6.77. The molecule has 2 aliphatic rings. The molecule has 2 aromatic rings. The molecule has 28 heavy (non-hydrogen) atoms. The molecule has 0 saturated carbocycles. The van der Waals surface area contributed by atoms with Gasteiger partial charge in [0.1, 0.15) is 5.75 Å². The van der Waals surface area contributed by atoms with Gasteiger partial charge in [0.2, 0.25) is 6.79 Å². The summed E-state index contributed by atoms with van der Waals surface area (Å²) in [7, 11) is 0. The number of hydrogen-bond donors (Lipinski definition) is 0. The zero-order chi connectivity index (χ0) is 19.3. The van der Waals surface area contributed by atoms with E-state index in [0.29, 0.717) is 24.4 Å². The summed E-state index contributed by atoms with van der Waals surface area (Å²) in [5.74, 6) is 2.09. The SMILES string of the molecule is N#Cc1cccc(OCC(=O)N2CCN(Cc3ccc4c(c3)OCO4)CC2)c1. The number of nitrogens with zero attached hydrogens (tertiary/aromatic N) is 3. The van der Waals surface area contributed by atoms with Crippen LogP contribution in [0.2, 0.25) is 0 Å². The molecule has 0 spiro atoms. The normalized spacial score (nSPS) is 15.9. The van der Waals surface area contributed by atoms with Crippen molar-refractivity contribution in [2.45, 2.75) is 6.54 Å². The Balaban J connectivity index is 1.24. The predicted octanol–water partition coefficient (Wildman–Crippen LogP) is 2.01. The monoisotopic (exact) mass is 379 g/mol. The van der Waals surface area contributed by atoms with E-state index < -0.39 is 0 Å². The lowest BCUT2D eigenvalue weighted by molar-refractivity contribution is -0.135. The van der Waals surface area contributed by atoms with Crippen molar-refractivity contribution in [3.05, 3.63) is 53.6 Å². The molecule has 1 amide bonds. The predicted molar refractivity (Wildman–Crippen MR) is 101 cm³/mol. The lowest BCUT2D eigenvalue weighted by Gasteiger charge is -2.34. The molecule has 2 aliphatic heterocycles. The Morgan fingerprint density at radius 1 is 1.07 bits per heavy atom. The van der Waals surface area contributed by atoms with Crippen LogP contribution in [0.4, 0.5) is 0 Å². The van der Waals surface area contributed by atoms with E-state index in [0.717, 1.165) is 31.1 Å². The van der Waals surface area contributed by atoms with Crippen LogP contribution in [0.1, 0.15) is 11.1 Å². The molecular formula is C21H21N3O4. The highest BCUT2D eigenvalue weighted by atomic mass is 16.7. The molecule has 7 nitrogen and oxygen atoms in total. The van der Waals surface area contributed by atoms with Crippen LogP contribution in [-0.4, -0.2) is 55.3 Å². The van der Waals surface area contributed by atoms with E-state index >= 15 is 0 Å². The number of hydrogen-bond acceptors (Lipinski definition) is 6. The third-order valence-corrected chi connectivity index (χ3v) is 4.89. The lowest BCUT2D eigenvalue weighted by Crippen LogP contribution is -2.49. The zero-order valence-electron chi connectivity index (χ0n) is 15.5. The molecule has 7 heteroatoms. The molecule has 0 aliphatic carbocycles. The molecule has 0 radical (unpaired) electrons. The molecule has 0 atom stereocenters. The maximum absolute atomic E-state index is 12.4. The van der Waals surface area contributed by atoms with Crippen molar-refractivity contribution < 1.29 is 19.0 Å². The molecule has 0 N–H and O–H groups in total. The van der Waals surface area contributed by atoms with Crippen molar-refractivity contribution in [2.75, 3.05) is 39.6 Å². The number of piperazine rings is 1. The second-order valence-electron chi connectivity index (χ2n) is 6.77. The molecule has 1 saturated heterocycles. The number of benzene rings is 2. The van der Waals surface area contributed by atoms with E-state index in [2.05, 4.69) is 11.0 Å². The Bertz CT molecular complexity index is 901. The van der Waals surface area contributed by atoms with Crippen molar-refractivity contribution in [3.8, 4) is 23.3 Å². The first-order valence-corrected chi connectivity index (χ1v) is 9.23. The third kappa shape index (κ3) is 4.18. The van der Waals surface area contributed by atoms with Crippen molar-refractivity contribution in [1.29, 1.82) is 5.26 Å². The first kappa shape index (κ1) is 18.1. The minimum atomic E-state index is -0.0370. The average Bonchev–Trinajstić information content (AvgIpc) is 3.20. The summed E-state index contributed by atoms with van der Waals surface area (Å²) in [4.78, 5) is 16.5. The van der Waals surface area contributed by atoms with Gasteiger partial charge in [0.05, 0.1) is 11.6 Å². The van der Waals surface area contributed by atoms with Gasteiger partial charge in [-0.25, -0.2) is 0 Å². The van der Waals surface area contributed by atoms with E-state index in [1.165, 1.54) is 5.56 Å². The fourth-order valence-electron chi connectivity index (χ4n) is 3.34. The topological polar surface area (TPSA) is 75.0 Å². The Morgan fingerprint density at radius 3 is 2.71 bits per heavy atom. The summed E-state index contributed by atoms with van der Waals surface area (Å²) in [6, 6.07) is 14.9. The summed E-state index contributed by atoms with van der Waals surface area (Å²) < 4.78 is 16.3. The van der Waals surface area contributed by atoms with Gasteiger partial charge in [0, 0.05) is 32.7 Å². The number of fused-ring (bicyclic) bond motifs is 1. The number of nitriles is 1. The highest BCUT2D eigenvalue weighted by Gasteiger charge is 2.22. The molecule has 4 rings (SSSR count). The van der Waals surface area contributed by atoms with Crippen LogP contribution >= 0.6 is 0 Å².